The predicted molar refractivity (Wildman–Crippen MR) is 68.0 cm³/mol. The van der Waals surface area contributed by atoms with E-state index in [0.717, 1.165) is 12.8 Å². The average molecular weight is 365 g/mol. The zero-order valence-corrected chi connectivity index (χ0v) is 13.1. The van der Waals surface area contributed by atoms with E-state index in [1.807, 2.05) is 0 Å². The summed E-state index contributed by atoms with van der Waals surface area (Å²) < 4.78 is 91.9. The van der Waals surface area contributed by atoms with E-state index in [1.165, 1.54) is 0 Å². The van der Waals surface area contributed by atoms with Crippen molar-refractivity contribution in [1.82, 2.24) is 0 Å². The summed E-state index contributed by atoms with van der Waals surface area (Å²) >= 11 is 0. The van der Waals surface area contributed by atoms with Crippen LogP contribution in [-0.2, 0) is 24.4 Å². The maximum atomic E-state index is 13.1. The highest BCUT2D eigenvalue weighted by atomic mass is 32.2. The van der Waals surface area contributed by atoms with Crippen molar-refractivity contribution >= 4 is 16.1 Å². The number of carbonyl (C=O) groups excluding carboxylic acids is 1. The smallest absolute Gasteiger partial charge is 0.396 e. The molecular weight excluding hydrogens is 348 g/mol. The summed E-state index contributed by atoms with van der Waals surface area (Å²) in [4.78, 5) is 11.5. The fourth-order valence-corrected chi connectivity index (χ4v) is 2.68. The molecule has 0 aromatic carbocycles. The minimum Gasteiger partial charge on any atom is -0.743 e. The van der Waals surface area contributed by atoms with Gasteiger partial charge in [0.05, 0.1) is 6.61 Å². The number of carbonyl (C=O) groups is 1. The van der Waals surface area contributed by atoms with Gasteiger partial charge in [0.25, 0.3) is 0 Å². The largest absolute Gasteiger partial charge is 0.743 e. The molecule has 0 heterocycles. The van der Waals surface area contributed by atoms with E-state index in [2.05, 4.69) is 4.74 Å². The van der Waals surface area contributed by atoms with Crippen LogP contribution in [0.5, 0.6) is 0 Å². The van der Waals surface area contributed by atoms with Crippen molar-refractivity contribution in [3.05, 3.63) is 0 Å². The van der Waals surface area contributed by atoms with Gasteiger partial charge in [-0.25, -0.2) is 13.2 Å². The highest BCUT2D eigenvalue weighted by Gasteiger charge is 2.61. The number of alkyl halides is 4. The van der Waals surface area contributed by atoms with Crippen LogP contribution in [0, 0.1) is 0 Å². The average Bonchev–Trinajstić information content (AvgIpc) is 2.79. The Kier molecular flexibility index (Phi) is 6.03. The molecule has 11 heteroatoms. The molecule has 0 aromatic heterocycles. The number of hydrogen-bond acceptors (Lipinski definition) is 6. The Labute approximate surface area is 130 Å². The summed E-state index contributed by atoms with van der Waals surface area (Å²) in [5.41, 5.74) is -0.645. The minimum atomic E-state index is -6.52. The molecule has 0 unspecified atom stereocenters. The SMILES string of the molecule is CC1(OC(=O)COCCC(F)(F)C(F)(F)S(=O)(=O)[O-])CCCC1. The third-order valence-corrected chi connectivity index (χ3v) is 4.47. The molecule has 0 aliphatic heterocycles. The van der Waals surface area contributed by atoms with Crippen LogP contribution in [0.4, 0.5) is 17.6 Å². The summed E-state index contributed by atoms with van der Waals surface area (Å²) in [6.07, 6.45) is 1.35. The quantitative estimate of drug-likeness (QED) is 0.283. The molecule has 0 atom stereocenters. The molecule has 0 aromatic rings. The van der Waals surface area contributed by atoms with Crippen molar-refractivity contribution in [3.63, 3.8) is 0 Å². The van der Waals surface area contributed by atoms with Crippen LogP contribution in [0.3, 0.4) is 0 Å². The lowest BCUT2D eigenvalue weighted by molar-refractivity contribution is -0.176. The van der Waals surface area contributed by atoms with Crippen molar-refractivity contribution in [2.45, 2.75) is 55.8 Å². The van der Waals surface area contributed by atoms with Crippen molar-refractivity contribution in [2.24, 2.45) is 0 Å². The molecule has 0 radical (unpaired) electrons. The number of ether oxygens (including phenoxy) is 2. The first-order valence-corrected chi connectivity index (χ1v) is 8.22. The van der Waals surface area contributed by atoms with Crippen LogP contribution < -0.4 is 0 Å². The molecule has 0 N–H and O–H groups in total. The maximum absolute atomic E-state index is 13.1. The number of hydrogen-bond donors (Lipinski definition) is 0. The summed E-state index contributed by atoms with van der Waals surface area (Å²) in [5.74, 6) is -5.93. The van der Waals surface area contributed by atoms with E-state index >= 15 is 0 Å². The first-order chi connectivity index (χ1) is 10.3. The number of halogens is 4. The summed E-state index contributed by atoms with van der Waals surface area (Å²) in [6.45, 7) is -0.0585. The molecule has 0 amide bonds. The predicted octanol–water partition coefficient (Wildman–Crippen LogP) is 2.04. The molecule has 1 aliphatic rings. The van der Waals surface area contributed by atoms with Crippen molar-refractivity contribution < 1.29 is 44.8 Å². The minimum absolute atomic E-state index is 0.645. The van der Waals surface area contributed by atoms with Gasteiger partial charge in [-0.1, -0.05) is 0 Å². The van der Waals surface area contributed by atoms with Gasteiger partial charge < -0.3 is 14.0 Å². The molecule has 1 saturated carbocycles. The van der Waals surface area contributed by atoms with Gasteiger partial charge in [-0.05, 0) is 32.6 Å². The third kappa shape index (κ3) is 5.01. The fourth-order valence-electron chi connectivity index (χ4n) is 2.21. The van der Waals surface area contributed by atoms with Crippen LogP contribution >= 0.6 is 0 Å². The Morgan fingerprint density at radius 3 is 2.22 bits per heavy atom. The molecule has 136 valence electrons. The van der Waals surface area contributed by atoms with Crippen molar-refractivity contribution in [2.75, 3.05) is 13.2 Å². The van der Waals surface area contributed by atoms with E-state index in [-0.39, 0.29) is 0 Å². The second kappa shape index (κ2) is 6.89. The van der Waals surface area contributed by atoms with Gasteiger partial charge >= 0.3 is 17.1 Å². The van der Waals surface area contributed by atoms with Gasteiger partial charge in [-0.2, -0.15) is 17.6 Å². The number of rotatable bonds is 8. The molecule has 0 bridgehead atoms. The molecule has 0 spiro atoms. The normalized spacial score (nSPS) is 18.9. The zero-order chi connectivity index (χ0) is 17.9. The van der Waals surface area contributed by atoms with Gasteiger partial charge in [0.2, 0.25) is 0 Å². The monoisotopic (exact) mass is 365 g/mol. The fraction of sp³-hybridized carbons (Fsp3) is 0.917. The highest BCUT2D eigenvalue weighted by Crippen LogP contribution is 2.40. The lowest BCUT2D eigenvalue weighted by Crippen LogP contribution is -2.47. The Morgan fingerprint density at radius 2 is 1.74 bits per heavy atom. The molecule has 1 rings (SSSR count). The standard InChI is InChI=1S/C12H18F4O6S/c1-10(4-2-3-5-10)22-9(17)8-21-7-6-11(13,14)12(15,16)23(18,19)20/h2-8H2,1H3,(H,18,19,20)/p-1. The summed E-state index contributed by atoms with van der Waals surface area (Å²) in [7, 11) is -6.52. The van der Waals surface area contributed by atoms with Crippen LogP contribution in [-0.4, -0.2) is 48.9 Å². The Balaban J connectivity index is 2.40. The Bertz CT molecular complexity index is 528. The van der Waals surface area contributed by atoms with Gasteiger partial charge in [0, 0.05) is 6.42 Å². The maximum Gasteiger partial charge on any atom is 0.396 e. The molecule has 1 aliphatic carbocycles. The molecule has 1 fully saturated rings. The molecule has 23 heavy (non-hydrogen) atoms. The van der Waals surface area contributed by atoms with E-state index in [9.17, 15) is 35.3 Å². The van der Waals surface area contributed by atoms with Crippen LogP contribution in [0.15, 0.2) is 0 Å². The van der Waals surface area contributed by atoms with Crippen LogP contribution in [0.2, 0.25) is 0 Å². The van der Waals surface area contributed by atoms with Crippen LogP contribution in [0.1, 0.15) is 39.0 Å². The van der Waals surface area contributed by atoms with E-state index in [1.54, 1.807) is 6.92 Å². The topological polar surface area (TPSA) is 92.7 Å². The van der Waals surface area contributed by atoms with E-state index in [4.69, 9.17) is 4.74 Å². The first-order valence-electron chi connectivity index (χ1n) is 6.81. The van der Waals surface area contributed by atoms with E-state index in [0.29, 0.717) is 12.8 Å². The second-order valence-electron chi connectivity index (χ2n) is 5.61. The highest BCUT2D eigenvalue weighted by molar-refractivity contribution is 7.86. The lowest BCUT2D eigenvalue weighted by atomic mass is 10.1. The van der Waals surface area contributed by atoms with Gasteiger partial charge in [0.15, 0.2) is 10.1 Å². The molecule has 0 saturated heterocycles. The van der Waals surface area contributed by atoms with Crippen molar-refractivity contribution in [3.8, 4) is 0 Å². The van der Waals surface area contributed by atoms with Crippen LogP contribution in [0.25, 0.3) is 0 Å². The Hall–Kier alpha value is -0.940. The summed E-state index contributed by atoms with van der Waals surface area (Å²) in [5, 5.41) is -5.75. The summed E-state index contributed by atoms with van der Waals surface area (Å²) in [6, 6.07) is 0. The Morgan fingerprint density at radius 1 is 1.22 bits per heavy atom. The van der Waals surface area contributed by atoms with E-state index < -0.39 is 52.5 Å². The molecule has 6 nitrogen and oxygen atoms in total. The van der Waals surface area contributed by atoms with Crippen molar-refractivity contribution in [1.29, 1.82) is 0 Å². The number of esters is 1. The first kappa shape index (κ1) is 20.1. The zero-order valence-electron chi connectivity index (χ0n) is 12.3. The second-order valence-corrected chi connectivity index (χ2v) is 7.03. The third-order valence-electron chi connectivity index (χ3n) is 3.54. The van der Waals surface area contributed by atoms with Gasteiger partial charge in [-0.15, -0.1) is 0 Å². The molecular formula is C12H17F4O6S-. The lowest BCUT2D eigenvalue weighted by Gasteiger charge is -2.28. The van der Waals surface area contributed by atoms with Gasteiger partial charge in [0.1, 0.15) is 12.2 Å². The van der Waals surface area contributed by atoms with Gasteiger partial charge in [-0.3, -0.25) is 0 Å².